The molecule has 30 heavy (non-hydrogen) atoms. The van der Waals surface area contributed by atoms with Crippen LogP contribution in [0.1, 0.15) is 33.6 Å². The second kappa shape index (κ2) is 10.3. The lowest BCUT2D eigenvalue weighted by molar-refractivity contribution is -0.578. The molecular weight excluding hydrogens is 534 g/mol. The molecule has 5 nitrogen and oxygen atoms in total. The van der Waals surface area contributed by atoms with Gasteiger partial charge in [0.05, 0.1) is 5.57 Å². The van der Waals surface area contributed by atoms with E-state index in [-0.39, 0.29) is 32.5 Å². The number of benzene rings is 1. The van der Waals surface area contributed by atoms with Crippen molar-refractivity contribution in [1.82, 2.24) is 4.90 Å². The van der Waals surface area contributed by atoms with Gasteiger partial charge in [-0.1, -0.05) is 50.6 Å². The van der Waals surface area contributed by atoms with E-state index in [4.69, 9.17) is 13.0 Å². The highest BCUT2D eigenvalue weighted by Crippen LogP contribution is 2.34. The molecule has 0 spiro atoms. The van der Waals surface area contributed by atoms with Crippen LogP contribution < -0.4 is 21.2 Å². The van der Waals surface area contributed by atoms with Gasteiger partial charge >= 0.3 is 26.7 Å². The summed E-state index contributed by atoms with van der Waals surface area (Å²) in [5.74, 6) is 0.181. The summed E-state index contributed by atoms with van der Waals surface area (Å²) in [7, 11) is -2.39. The molecule has 0 unspecified atom stereocenters. The van der Waals surface area contributed by atoms with Crippen LogP contribution in [-0.4, -0.2) is 43.4 Å². The van der Waals surface area contributed by atoms with Crippen molar-refractivity contribution >= 4 is 16.0 Å². The molecule has 0 fully saturated rings. The Kier molecular flexibility index (Phi) is 9.12. The van der Waals surface area contributed by atoms with Crippen LogP contribution in [0.2, 0.25) is 0 Å². The molecule has 0 aliphatic heterocycles. The number of rotatable bonds is 3. The van der Waals surface area contributed by atoms with Crippen LogP contribution in [-0.2, 0) is 14.9 Å². The number of alkyl halides is 3. The second-order valence-corrected chi connectivity index (χ2v) is 12.2. The fraction of sp³-hybridized carbons (Fsp3) is 0.450. The van der Waals surface area contributed by atoms with Crippen molar-refractivity contribution in [1.29, 1.82) is 0 Å². The van der Waals surface area contributed by atoms with E-state index >= 15 is 0 Å². The number of carbonyl (C=O) groups excluding carboxylic acids is 1. The van der Waals surface area contributed by atoms with E-state index in [0.717, 1.165) is 18.4 Å². The normalized spacial score (nSPS) is 15.2. The predicted octanol–water partition coefficient (Wildman–Crippen LogP) is 1.11. The standard InChI is InChI=1S/C19H25INO.CHF3O3S/c1-19(2,3)14-11-12-17(16(13-14)18(22)21(4)5)20-15-9-7-6-8-10-15;2-1(3,4)8(5,6)7/h6-11H,12-13H2,1-5H3;(H,5,6,7)/q+1;/p-1. The third-order valence-electron chi connectivity index (χ3n) is 4.09. The van der Waals surface area contributed by atoms with Crippen LogP contribution in [0.25, 0.3) is 0 Å². The molecule has 0 heterocycles. The second-order valence-electron chi connectivity index (χ2n) is 7.73. The van der Waals surface area contributed by atoms with Gasteiger partial charge in [0.25, 0.3) is 5.91 Å². The zero-order chi connectivity index (χ0) is 23.3. The first-order chi connectivity index (χ1) is 13.5. The topological polar surface area (TPSA) is 77.5 Å². The Morgan fingerprint density at radius 2 is 1.60 bits per heavy atom. The van der Waals surface area contributed by atoms with E-state index in [2.05, 4.69) is 51.1 Å². The van der Waals surface area contributed by atoms with Gasteiger partial charge in [-0.2, -0.15) is 13.2 Å². The largest absolute Gasteiger partial charge is 0.741 e. The van der Waals surface area contributed by atoms with Crippen LogP contribution in [0.3, 0.4) is 0 Å². The molecule has 10 heteroatoms. The molecule has 0 N–H and O–H groups in total. The van der Waals surface area contributed by atoms with Crippen molar-refractivity contribution in [2.45, 2.75) is 39.1 Å². The van der Waals surface area contributed by atoms with Gasteiger partial charge in [0.15, 0.2) is 17.3 Å². The molecule has 1 amide bonds. The summed E-state index contributed by atoms with van der Waals surface area (Å²) in [6.07, 6.45) is 4.09. The lowest BCUT2D eigenvalue weighted by Crippen LogP contribution is -3.61. The summed E-state index contributed by atoms with van der Waals surface area (Å²) in [5, 5.41) is 0. The molecule has 2 rings (SSSR count). The van der Waals surface area contributed by atoms with E-state index in [1.807, 2.05) is 20.2 Å². The molecule has 0 saturated heterocycles. The SMILES string of the molecule is CN(C)C(=O)C1=C([I+]c2ccccc2)CC=C(C(C)(C)C)C1.O=S(=O)([O-])C(F)(F)F. The number of hydrogen-bond acceptors (Lipinski definition) is 4. The third-order valence-corrected chi connectivity index (χ3v) is 7.74. The van der Waals surface area contributed by atoms with E-state index in [9.17, 15) is 18.0 Å². The van der Waals surface area contributed by atoms with Crippen molar-refractivity contribution in [2.24, 2.45) is 5.41 Å². The summed E-state index contributed by atoms with van der Waals surface area (Å²) in [6, 6.07) is 10.6. The van der Waals surface area contributed by atoms with Crippen LogP contribution in [0.15, 0.2) is 51.1 Å². The Balaban J connectivity index is 0.000000479. The minimum atomic E-state index is -6.09. The molecule has 1 aliphatic rings. The monoisotopic (exact) mass is 559 g/mol. The van der Waals surface area contributed by atoms with Crippen molar-refractivity contribution in [2.75, 3.05) is 14.1 Å². The van der Waals surface area contributed by atoms with Crippen LogP contribution in [0, 0.1) is 8.99 Å². The van der Waals surface area contributed by atoms with Gasteiger partial charge in [-0.3, -0.25) is 4.79 Å². The van der Waals surface area contributed by atoms with Gasteiger partial charge in [0, 0.05) is 26.9 Å². The number of likely N-dealkylation sites (N-methyl/N-ethyl adjacent to an activating group) is 1. The first-order valence-electron chi connectivity index (χ1n) is 8.89. The van der Waals surface area contributed by atoms with Crippen molar-refractivity contribution in [3.8, 4) is 0 Å². The molecule has 168 valence electrons. The maximum Gasteiger partial charge on any atom is 0.485 e. The number of nitrogens with zero attached hydrogens (tertiary/aromatic N) is 1. The first kappa shape index (κ1) is 26.6. The fourth-order valence-corrected chi connectivity index (χ4v) is 5.15. The van der Waals surface area contributed by atoms with Gasteiger partial charge in [-0.25, -0.2) is 8.42 Å². The van der Waals surface area contributed by atoms with Gasteiger partial charge in [-0.15, -0.1) is 0 Å². The Labute approximate surface area is 186 Å². The summed E-state index contributed by atoms with van der Waals surface area (Å²) in [5.41, 5.74) is -3.09. The van der Waals surface area contributed by atoms with Crippen molar-refractivity contribution < 1.29 is 52.1 Å². The van der Waals surface area contributed by atoms with Crippen LogP contribution in [0.4, 0.5) is 13.2 Å². The molecular formula is C20H25F3INO4S. The lowest BCUT2D eigenvalue weighted by atomic mass is 9.80. The number of halogens is 4. The third kappa shape index (κ3) is 8.03. The van der Waals surface area contributed by atoms with Crippen LogP contribution >= 0.6 is 0 Å². The minimum absolute atomic E-state index is 0.133. The summed E-state index contributed by atoms with van der Waals surface area (Å²) < 4.78 is 61.7. The van der Waals surface area contributed by atoms with Gasteiger partial charge in [-0.05, 0) is 17.5 Å². The zero-order valence-electron chi connectivity index (χ0n) is 17.4. The number of amides is 1. The molecule has 1 aromatic rings. The Bertz CT molecular complexity index is 916. The van der Waals surface area contributed by atoms with E-state index < -0.39 is 15.6 Å². The van der Waals surface area contributed by atoms with Gasteiger partial charge in [0.1, 0.15) is 0 Å². The van der Waals surface area contributed by atoms with E-state index in [0.29, 0.717) is 0 Å². The number of carbonyl (C=O) groups is 1. The smallest absolute Gasteiger partial charge is 0.485 e. The average molecular weight is 559 g/mol. The highest BCUT2D eigenvalue weighted by molar-refractivity contribution is 7.86. The summed E-state index contributed by atoms with van der Waals surface area (Å²) >= 11 is -0.262. The molecule has 0 bridgehead atoms. The Morgan fingerprint density at radius 1 is 1.10 bits per heavy atom. The average Bonchev–Trinajstić information content (AvgIpc) is 2.60. The van der Waals surface area contributed by atoms with Gasteiger partial charge in [0.2, 0.25) is 0 Å². The molecule has 1 aromatic carbocycles. The Morgan fingerprint density at radius 3 is 2.00 bits per heavy atom. The fourth-order valence-electron chi connectivity index (χ4n) is 2.43. The maximum absolute atomic E-state index is 12.6. The quantitative estimate of drug-likeness (QED) is 0.241. The molecule has 0 aromatic heterocycles. The minimum Gasteiger partial charge on any atom is -0.741 e. The highest BCUT2D eigenvalue weighted by Gasteiger charge is 2.37. The molecule has 0 atom stereocenters. The maximum atomic E-state index is 12.6. The van der Waals surface area contributed by atoms with Crippen LogP contribution in [0.5, 0.6) is 0 Å². The summed E-state index contributed by atoms with van der Waals surface area (Å²) in [4.78, 5) is 14.3. The highest BCUT2D eigenvalue weighted by atomic mass is 127. The summed E-state index contributed by atoms with van der Waals surface area (Å²) in [6.45, 7) is 6.69. The van der Waals surface area contributed by atoms with Crippen molar-refractivity contribution in [3.63, 3.8) is 0 Å². The Hall–Kier alpha value is -1.40. The number of hydrogen-bond donors (Lipinski definition) is 0. The molecule has 0 radical (unpaired) electrons. The molecule has 1 aliphatic carbocycles. The zero-order valence-corrected chi connectivity index (χ0v) is 20.4. The molecule has 0 saturated carbocycles. The van der Waals surface area contributed by atoms with E-state index in [1.165, 1.54) is 12.7 Å². The number of allylic oxidation sites excluding steroid dienone is 3. The van der Waals surface area contributed by atoms with Crippen molar-refractivity contribution in [3.05, 3.63) is 54.7 Å². The van der Waals surface area contributed by atoms with Gasteiger partial charge < -0.3 is 9.45 Å². The first-order valence-corrected chi connectivity index (χ1v) is 12.5. The van der Waals surface area contributed by atoms with E-state index in [1.54, 1.807) is 4.90 Å². The lowest BCUT2D eigenvalue weighted by Gasteiger charge is -2.27. The predicted molar refractivity (Wildman–Crippen MR) is 103 cm³/mol.